The molecule has 10 heavy (non-hydrogen) atoms. The molecule has 1 amide bonds. The number of carbonyl (C=O) groups excluding carboxylic acids is 1. The van der Waals surface area contributed by atoms with E-state index >= 15 is 0 Å². The average Bonchev–Trinajstić information content (AvgIpc) is 1.89. The van der Waals surface area contributed by atoms with E-state index in [-0.39, 0.29) is 10.7 Å². The van der Waals surface area contributed by atoms with Crippen molar-refractivity contribution in [3.63, 3.8) is 0 Å². The van der Waals surface area contributed by atoms with E-state index in [1.54, 1.807) is 11.8 Å². The summed E-state index contributed by atoms with van der Waals surface area (Å²) < 4.78 is -0.377. The molecule has 1 aliphatic rings. The minimum atomic E-state index is -0.377. The summed E-state index contributed by atoms with van der Waals surface area (Å²) in [4.78, 5) is 10.8. The van der Waals surface area contributed by atoms with E-state index in [1.165, 1.54) is 0 Å². The van der Waals surface area contributed by atoms with Gasteiger partial charge in [-0.05, 0) is 6.92 Å². The highest BCUT2D eigenvalue weighted by molar-refractivity contribution is 8.01. The molecule has 1 rings (SSSR count). The van der Waals surface area contributed by atoms with Crippen LogP contribution in [0.5, 0.6) is 0 Å². The standard InChI is InChI=1S/C6H12N2OS/c1-6(5(7)9)4-8-2-3-10-6/h8H,2-4H2,1H3,(H2,7,9). The molecule has 1 saturated heterocycles. The first-order valence-corrected chi connectivity index (χ1v) is 4.28. The predicted octanol–water partition coefficient (Wildman–Crippen LogP) is -0.433. The SMILES string of the molecule is CC1(C(N)=O)CNCCS1. The number of nitrogens with one attached hydrogen (secondary N) is 1. The third-order valence-electron chi connectivity index (χ3n) is 1.68. The summed E-state index contributed by atoms with van der Waals surface area (Å²) in [5, 5.41) is 3.14. The van der Waals surface area contributed by atoms with Crippen molar-refractivity contribution in [1.82, 2.24) is 5.32 Å². The molecule has 0 bridgehead atoms. The second kappa shape index (κ2) is 2.80. The lowest BCUT2D eigenvalue weighted by Crippen LogP contribution is -2.50. The fourth-order valence-corrected chi connectivity index (χ4v) is 1.93. The summed E-state index contributed by atoms with van der Waals surface area (Å²) in [7, 11) is 0. The van der Waals surface area contributed by atoms with E-state index in [4.69, 9.17) is 5.73 Å². The van der Waals surface area contributed by atoms with Gasteiger partial charge < -0.3 is 11.1 Å². The zero-order valence-electron chi connectivity index (χ0n) is 6.02. The molecule has 1 atom stereocenters. The van der Waals surface area contributed by atoms with E-state index in [0.717, 1.165) is 12.3 Å². The quantitative estimate of drug-likeness (QED) is 0.547. The third kappa shape index (κ3) is 1.44. The summed E-state index contributed by atoms with van der Waals surface area (Å²) in [6, 6.07) is 0. The third-order valence-corrected chi connectivity index (χ3v) is 3.07. The summed E-state index contributed by atoms with van der Waals surface area (Å²) in [5.41, 5.74) is 5.20. The van der Waals surface area contributed by atoms with Gasteiger partial charge in [0.05, 0.1) is 0 Å². The van der Waals surface area contributed by atoms with Crippen molar-refractivity contribution >= 4 is 17.7 Å². The summed E-state index contributed by atoms with van der Waals surface area (Å²) in [5.74, 6) is 0.754. The Kier molecular flexibility index (Phi) is 2.21. The smallest absolute Gasteiger partial charge is 0.234 e. The molecule has 3 N–H and O–H groups in total. The zero-order valence-corrected chi connectivity index (χ0v) is 6.83. The maximum Gasteiger partial charge on any atom is 0.234 e. The number of carbonyl (C=O) groups is 1. The molecule has 1 heterocycles. The topological polar surface area (TPSA) is 55.1 Å². The predicted molar refractivity (Wildman–Crippen MR) is 42.9 cm³/mol. The van der Waals surface area contributed by atoms with Gasteiger partial charge in [-0.1, -0.05) is 0 Å². The average molecular weight is 160 g/mol. The highest BCUT2D eigenvalue weighted by atomic mass is 32.2. The van der Waals surface area contributed by atoms with Gasteiger partial charge >= 0.3 is 0 Å². The molecule has 0 radical (unpaired) electrons. The monoisotopic (exact) mass is 160 g/mol. The Morgan fingerprint density at radius 1 is 1.80 bits per heavy atom. The van der Waals surface area contributed by atoms with Crippen LogP contribution in [0.2, 0.25) is 0 Å². The van der Waals surface area contributed by atoms with Crippen LogP contribution in [-0.2, 0) is 4.79 Å². The van der Waals surface area contributed by atoms with Crippen LogP contribution in [0.25, 0.3) is 0 Å². The van der Waals surface area contributed by atoms with Crippen molar-refractivity contribution < 1.29 is 4.79 Å². The summed E-state index contributed by atoms with van der Waals surface area (Å²) >= 11 is 1.64. The summed E-state index contributed by atoms with van der Waals surface area (Å²) in [6.07, 6.45) is 0. The molecule has 58 valence electrons. The second-order valence-electron chi connectivity index (χ2n) is 2.62. The number of rotatable bonds is 1. The van der Waals surface area contributed by atoms with Crippen molar-refractivity contribution in [2.24, 2.45) is 5.73 Å². The zero-order chi connectivity index (χ0) is 7.61. The molecule has 0 spiro atoms. The van der Waals surface area contributed by atoms with Gasteiger partial charge in [0.25, 0.3) is 0 Å². The van der Waals surface area contributed by atoms with Crippen molar-refractivity contribution in [2.75, 3.05) is 18.8 Å². The van der Waals surface area contributed by atoms with Crippen LogP contribution < -0.4 is 11.1 Å². The van der Waals surface area contributed by atoms with Crippen molar-refractivity contribution in [3.05, 3.63) is 0 Å². The van der Waals surface area contributed by atoms with E-state index in [2.05, 4.69) is 5.32 Å². The second-order valence-corrected chi connectivity index (χ2v) is 4.22. The Balaban J connectivity index is 2.56. The lowest BCUT2D eigenvalue weighted by Gasteiger charge is -2.29. The Hall–Kier alpha value is -0.220. The molecular weight excluding hydrogens is 148 g/mol. The van der Waals surface area contributed by atoms with Crippen LogP contribution in [0.3, 0.4) is 0 Å². The highest BCUT2D eigenvalue weighted by Gasteiger charge is 2.33. The molecule has 4 heteroatoms. The Morgan fingerprint density at radius 3 is 2.80 bits per heavy atom. The first kappa shape index (κ1) is 7.88. The Bertz CT molecular complexity index is 143. The first-order valence-electron chi connectivity index (χ1n) is 3.30. The normalized spacial score (nSPS) is 33.7. The lowest BCUT2D eigenvalue weighted by molar-refractivity contribution is -0.119. The van der Waals surface area contributed by atoms with Crippen LogP contribution in [0.1, 0.15) is 6.92 Å². The molecule has 3 nitrogen and oxygen atoms in total. The van der Waals surface area contributed by atoms with E-state index in [0.29, 0.717) is 6.54 Å². The number of primary amides is 1. The maximum atomic E-state index is 10.8. The van der Waals surface area contributed by atoms with Crippen LogP contribution in [0.15, 0.2) is 0 Å². The molecule has 1 unspecified atom stereocenters. The lowest BCUT2D eigenvalue weighted by atomic mass is 10.1. The van der Waals surface area contributed by atoms with E-state index in [9.17, 15) is 4.79 Å². The minimum Gasteiger partial charge on any atom is -0.368 e. The molecule has 1 fully saturated rings. The number of amides is 1. The van der Waals surface area contributed by atoms with Crippen LogP contribution in [0.4, 0.5) is 0 Å². The van der Waals surface area contributed by atoms with Crippen molar-refractivity contribution in [3.8, 4) is 0 Å². The van der Waals surface area contributed by atoms with Gasteiger partial charge in [0.2, 0.25) is 5.91 Å². The van der Waals surface area contributed by atoms with Crippen LogP contribution in [-0.4, -0.2) is 29.5 Å². The summed E-state index contributed by atoms with van der Waals surface area (Å²) in [6.45, 7) is 3.56. The van der Waals surface area contributed by atoms with Crippen molar-refractivity contribution in [1.29, 1.82) is 0 Å². The fraction of sp³-hybridized carbons (Fsp3) is 0.833. The molecule has 0 aromatic carbocycles. The molecule has 0 saturated carbocycles. The fourth-order valence-electron chi connectivity index (χ4n) is 0.885. The van der Waals surface area contributed by atoms with E-state index in [1.807, 2.05) is 6.92 Å². The maximum absolute atomic E-state index is 10.8. The molecule has 0 aromatic rings. The number of thioether (sulfide) groups is 1. The molecule has 0 aromatic heterocycles. The number of hydrogen-bond acceptors (Lipinski definition) is 3. The number of hydrogen-bond donors (Lipinski definition) is 2. The van der Waals surface area contributed by atoms with Gasteiger partial charge in [-0.3, -0.25) is 4.79 Å². The van der Waals surface area contributed by atoms with Crippen LogP contribution >= 0.6 is 11.8 Å². The van der Waals surface area contributed by atoms with Gasteiger partial charge in [-0.15, -0.1) is 11.8 Å². The van der Waals surface area contributed by atoms with Crippen LogP contribution in [0, 0.1) is 0 Å². The first-order chi connectivity index (χ1) is 4.65. The Labute approximate surface area is 64.7 Å². The van der Waals surface area contributed by atoms with E-state index < -0.39 is 0 Å². The largest absolute Gasteiger partial charge is 0.368 e. The van der Waals surface area contributed by atoms with Crippen molar-refractivity contribution in [2.45, 2.75) is 11.7 Å². The minimum absolute atomic E-state index is 0.218. The number of nitrogens with two attached hydrogens (primary N) is 1. The highest BCUT2D eigenvalue weighted by Crippen LogP contribution is 2.25. The molecular formula is C6H12N2OS. The van der Waals surface area contributed by atoms with Gasteiger partial charge in [0, 0.05) is 18.8 Å². The van der Waals surface area contributed by atoms with Gasteiger partial charge in [-0.25, -0.2) is 0 Å². The van der Waals surface area contributed by atoms with Gasteiger partial charge in [-0.2, -0.15) is 0 Å². The molecule has 1 aliphatic heterocycles. The Morgan fingerprint density at radius 2 is 2.50 bits per heavy atom. The van der Waals surface area contributed by atoms with Gasteiger partial charge in [0.1, 0.15) is 4.75 Å². The van der Waals surface area contributed by atoms with Gasteiger partial charge in [0.15, 0.2) is 0 Å². The molecule has 0 aliphatic carbocycles.